The fraction of sp³-hybridized carbons (Fsp3) is 0.286. The number of benzene rings is 2. The van der Waals surface area contributed by atoms with Gasteiger partial charge in [0.05, 0.1) is 5.39 Å². The molecule has 3 aromatic rings. The average Bonchev–Trinajstić information content (AvgIpc) is 2.65. The highest BCUT2D eigenvalue weighted by atomic mass is 16.2. The SMILES string of the molecule is CCN(C(=O)c1nn(CC(C)C)c(=O)c2ccccc12)c1ccccc1. The molecule has 0 radical (unpaired) electrons. The average molecular weight is 349 g/mol. The van der Waals surface area contributed by atoms with Crippen molar-refractivity contribution in [3.63, 3.8) is 0 Å². The van der Waals surface area contributed by atoms with E-state index in [9.17, 15) is 9.59 Å². The minimum atomic E-state index is -0.201. The van der Waals surface area contributed by atoms with E-state index in [0.717, 1.165) is 5.69 Å². The van der Waals surface area contributed by atoms with Gasteiger partial charge in [0, 0.05) is 24.2 Å². The lowest BCUT2D eigenvalue weighted by Crippen LogP contribution is -2.35. The van der Waals surface area contributed by atoms with E-state index < -0.39 is 0 Å². The van der Waals surface area contributed by atoms with Crippen LogP contribution in [0.15, 0.2) is 59.4 Å². The molecule has 0 aliphatic carbocycles. The Kier molecular flexibility index (Phi) is 5.16. The maximum atomic E-state index is 13.3. The molecule has 26 heavy (non-hydrogen) atoms. The van der Waals surface area contributed by atoms with Gasteiger partial charge >= 0.3 is 0 Å². The molecule has 3 rings (SSSR count). The zero-order valence-corrected chi connectivity index (χ0v) is 15.3. The molecule has 0 atom stereocenters. The second-order valence-corrected chi connectivity index (χ2v) is 6.66. The Balaban J connectivity index is 2.18. The summed E-state index contributed by atoms with van der Waals surface area (Å²) in [6, 6.07) is 16.7. The Morgan fingerprint density at radius 1 is 1.04 bits per heavy atom. The Morgan fingerprint density at radius 2 is 1.65 bits per heavy atom. The van der Waals surface area contributed by atoms with Crippen molar-refractivity contribution in [1.82, 2.24) is 9.78 Å². The van der Waals surface area contributed by atoms with Gasteiger partial charge in [-0.3, -0.25) is 9.59 Å². The first-order valence-corrected chi connectivity index (χ1v) is 8.89. The minimum Gasteiger partial charge on any atom is -0.307 e. The van der Waals surface area contributed by atoms with Crippen molar-refractivity contribution in [2.45, 2.75) is 27.3 Å². The van der Waals surface area contributed by atoms with Crippen molar-refractivity contribution in [3.05, 3.63) is 70.6 Å². The largest absolute Gasteiger partial charge is 0.307 e. The number of hydrogen-bond donors (Lipinski definition) is 0. The number of hydrogen-bond acceptors (Lipinski definition) is 3. The molecule has 0 aliphatic heterocycles. The maximum Gasteiger partial charge on any atom is 0.279 e. The molecule has 0 aliphatic rings. The van der Waals surface area contributed by atoms with Crippen LogP contribution in [0.2, 0.25) is 0 Å². The van der Waals surface area contributed by atoms with Crippen LogP contribution < -0.4 is 10.5 Å². The molecular weight excluding hydrogens is 326 g/mol. The topological polar surface area (TPSA) is 55.2 Å². The zero-order valence-electron chi connectivity index (χ0n) is 15.3. The molecule has 134 valence electrons. The number of carbonyl (C=O) groups excluding carboxylic acids is 1. The number of anilines is 1. The van der Waals surface area contributed by atoms with Crippen molar-refractivity contribution in [3.8, 4) is 0 Å². The summed E-state index contributed by atoms with van der Waals surface area (Å²) in [6.45, 7) is 6.96. The van der Waals surface area contributed by atoms with Crippen LogP contribution in [0.4, 0.5) is 5.69 Å². The van der Waals surface area contributed by atoms with Crippen LogP contribution in [-0.2, 0) is 6.54 Å². The molecule has 0 spiro atoms. The van der Waals surface area contributed by atoms with Gasteiger partial charge in [0.25, 0.3) is 11.5 Å². The summed E-state index contributed by atoms with van der Waals surface area (Å²) in [7, 11) is 0. The van der Waals surface area contributed by atoms with E-state index in [4.69, 9.17) is 0 Å². The van der Waals surface area contributed by atoms with Gasteiger partial charge in [0.2, 0.25) is 0 Å². The number of rotatable bonds is 5. The monoisotopic (exact) mass is 349 g/mol. The number of para-hydroxylation sites is 1. The summed E-state index contributed by atoms with van der Waals surface area (Å²) in [5, 5.41) is 5.57. The zero-order chi connectivity index (χ0) is 18.7. The Labute approximate surface area is 152 Å². The first kappa shape index (κ1) is 17.9. The quantitative estimate of drug-likeness (QED) is 0.705. The van der Waals surface area contributed by atoms with Gasteiger partial charge < -0.3 is 4.90 Å². The summed E-state index contributed by atoms with van der Waals surface area (Å²) in [6.07, 6.45) is 0. The fourth-order valence-corrected chi connectivity index (χ4v) is 3.04. The second-order valence-electron chi connectivity index (χ2n) is 6.66. The molecule has 0 bridgehead atoms. The Morgan fingerprint density at radius 3 is 2.27 bits per heavy atom. The molecule has 0 fully saturated rings. The molecule has 1 heterocycles. The molecule has 1 amide bonds. The van der Waals surface area contributed by atoms with E-state index in [1.807, 2.05) is 63.2 Å². The van der Waals surface area contributed by atoms with Gasteiger partial charge in [0.1, 0.15) is 0 Å². The van der Waals surface area contributed by atoms with E-state index in [0.29, 0.717) is 29.6 Å². The van der Waals surface area contributed by atoms with Gasteiger partial charge in [-0.2, -0.15) is 5.10 Å². The number of aromatic nitrogens is 2. The van der Waals surface area contributed by atoms with Crippen LogP contribution in [0.1, 0.15) is 31.3 Å². The second kappa shape index (κ2) is 7.52. The first-order chi connectivity index (χ1) is 12.5. The molecule has 2 aromatic carbocycles. The van der Waals surface area contributed by atoms with Gasteiger partial charge in [-0.15, -0.1) is 0 Å². The summed E-state index contributed by atoms with van der Waals surface area (Å²) >= 11 is 0. The highest BCUT2D eigenvalue weighted by molar-refractivity contribution is 6.12. The highest BCUT2D eigenvalue weighted by Gasteiger charge is 2.22. The van der Waals surface area contributed by atoms with E-state index in [-0.39, 0.29) is 17.4 Å². The molecule has 0 saturated carbocycles. The van der Waals surface area contributed by atoms with E-state index in [1.165, 1.54) is 4.68 Å². The number of fused-ring (bicyclic) bond motifs is 1. The van der Waals surface area contributed by atoms with Crippen molar-refractivity contribution in [2.24, 2.45) is 5.92 Å². The molecule has 5 nitrogen and oxygen atoms in total. The Hall–Kier alpha value is -2.95. The lowest BCUT2D eigenvalue weighted by Gasteiger charge is -2.22. The molecule has 1 aromatic heterocycles. The third-order valence-electron chi connectivity index (χ3n) is 4.24. The standard InChI is InChI=1S/C21H23N3O2/c1-4-23(16-10-6-5-7-11-16)21(26)19-17-12-8-9-13-18(17)20(25)24(22-19)14-15(2)3/h5-13,15H,4,14H2,1-3H3. The lowest BCUT2D eigenvalue weighted by atomic mass is 10.1. The number of amides is 1. The predicted molar refractivity (Wildman–Crippen MR) is 105 cm³/mol. The van der Waals surface area contributed by atoms with Gasteiger partial charge in [0.15, 0.2) is 5.69 Å². The smallest absolute Gasteiger partial charge is 0.279 e. The third kappa shape index (κ3) is 3.38. The van der Waals surface area contributed by atoms with Crippen molar-refractivity contribution in [1.29, 1.82) is 0 Å². The van der Waals surface area contributed by atoms with Crippen LogP contribution >= 0.6 is 0 Å². The molecule has 0 N–H and O–H groups in total. The van der Waals surface area contributed by atoms with Crippen molar-refractivity contribution in [2.75, 3.05) is 11.4 Å². The number of carbonyl (C=O) groups is 1. The highest BCUT2D eigenvalue weighted by Crippen LogP contribution is 2.20. The molecule has 5 heteroatoms. The number of nitrogens with zero attached hydrogens (tertiary/aromatic N) is 3. The fourth-order valence-electron chi connectivity index (χ4n) is 3.04. The van der Waals surface area contributed by atoms with Gasteiger partial charge in [-0.25, -0.2) is 4.68 Å². The van der Waals surface area contributed by atoms with Crippen LogP contribution in [0.25, 0.3) is 10.8 Å². The van der Waals surface area contributed by atoms with Gasteiger partial charge in [-0.05, 0) is 31.0 Å². The first-order valence-electron chi connectivity index (χ1n) is 8.89. The van der Waals surface area contributed by atoms with Crippen LogP contribution in [0.5, 0.6) is 0 Å². The normalized spacial score (nSPS) is 11.1. The van der Waals surface area contributed by atoms with E-state index in [1.54, 1.807) is 17.0 Å². The molecule has 0 unspecified atom stereocenters. The predicted octanol–water partition coefficient (Wildman–Crippen LogP) is 3.72. The van der Waals surface area contributed by atoms with E-state index in [2.05, 4.69) is 5.10 Å². The Bertz CT molecular complexity index is 977. The third-order valence-corrected chi connectivity index (χ3v) is 4.24. The summed E-state index contributed by atoms with van der Waals surface area (Å²) < 4.78 is 1.42. The van der Waals surface area contributed by atoms with Crippen molar-refractivity contribution < 1.29 is 4.79 Å². The van der Waals surface area contributed by atoms with Crippen LogP contribution in [0, 0.1) is 5.92 Å². The van der Waals surface area contributed by atoms with Gasteiger partial charge in [-0.1, -0.05) is 50.2 Å². The van der Waals surface area contributed by atoms with E-state index >= 15 is 0 Å². The lowest BCUT2D eigenvalue weighted by molar-refractivity contribution is 0.0982. The molecular formula is C21H23N3O2. The van der Waals surface area contributed by atoms with Crippen molar-refractivity contribution >= 4 is 22.4 Å². The summed E-state index contributed by atoms with van der Waals surface area (Å²) in [4.78, 5) is 27.7. The maximum absolute atomic E-state index is 13.3. The minimum absolute atomic E-state index is 0.159. The molecule has 0 saturated heterocycles. The van der Waals surface area contributed by atoms with Crippen LogP contribution in [0.3, 0.4) is 0 Å². The summed E-state index contributed by atoms with van der Waals surface area (Å²) in [5.74, 6) is 0.0492. The van der Waals surface area contributed by atoms with Crippen LogP contribution in [-0.4, -0.2) is 22.2 Å². The summed E-state index contributed by atoms with van der Waals surface area (Å²) in [5.41, 5.74) is 0.965.